The third-order valence-corrected chi connectivity index (χ3v) is 13.6. The SMILES string of the molecule is ClCCl.ClCCl.[Au+3].[Au+].[S-]c1ccccc1P(c1ccccc1)c1ccccc1[S-].[S-]c1ccccc1P(c1ccccc1)c1ccccc1[S-]. The van der Waals surface area contributed by atoms with Gasteiger partial charge >= 0.3 is 44.8 Å². The summed E-state index contributed by atoms with van der Waals surface area (Å²) in [7, 11) is -1.39. The Hall–Kier alpha value is -0.299. The normalized spacial score (nSPS) is 9.72. The van der Waals surface area contributed by atoms with Crippen molar-refractivity contribution in [3.8, 4) is 0 Å². The molecule has 6 aromatic carbocycles. The molecule has 0 saturated heterocycles. The molecular weight excluding hydrogens is 1180 g/mol. The molecule has 0 aliphatic rings. The van der Waals surface area contributed by atoms with Gasteiger partial charge in [-0.2, -0.15) is 19.6 Å². The predicted molar refractivity (Wildman–Crippen MR) is 226 cm³/mol. The van der Waals surface area contributed by atoms with Gasteiger partial charge in [-0.1, -0.05) is 158 Å². The first-order chi connectivity index (χ1) is 23.4. The third kappa shape index (κ3) is 14.8. The second-order valence-electron chi connectivity index (χ2n) is 9.41. The van der Waals surface area contributed by atoms with E-state index >= 15 is 0 Å². The van der Waals surface area contributed by atoms with Gasteiger partial charge in [0, 0.05) is 0 Å². The maximum atomic E-state index is 5.55. The van der Waals surface area contributed by atoms with E-state index in [9.17, 15) is 0 Å². The molecule has 12 heteroatoms. The summed E-state index contributed by atoms with van der Waals surface area (Å²) in [4.78, 5) is 3.63. The van der Waals surface area contributed by atoms with E-state index in [-0.39, 0.29) is 55.4 Å². The summed E-state index contributed by atoms with van der Waals surface area (Å²) in [6.07, 6.45) is 0. The summed E-state index contributed by atoms with van der Waals surface area (Å²) < 4.78 is 0. The second-order valence-corrected chi connectivity index (χ2v) is 17.1. The van der Waals surface area contributed by atoms with E-state index in [4.69, 9.17) is 96.9 Å². The summed E-state index contributed by atoms with van der Waals surface area (Å²) in [5.74, 6) is 0. The molecule has 0 aromatic heterocycles. The van der Waals surface area contributed by atoms with Crippen molar-refractivity contribution in [1.82, 2.24) is 0 Å². The van der Waals surface area contributed by atoms with Gasteiger partial charge in [0.05, 0.1) is 10.7 Å². The quantitative estimate of drug-likeness (QED) is 0.0706. The van der Waals surface area contributed by atoms with Gasteiger partial charge in [-0.05, 0) is 47.7 Å². The molecule has 0 aliphatic carbocycles. The molecule has 0 N–H and O–H groups in total. The average molecular weight is 1210 g/mol. The summed E-state index contributed by atoms with van der Waals surface area (Å²) in [5, 5.41) is 7.75. The van der Waals surface area contributed by atoms with Crippen molar-refractivity contribution in [2.24, 2.45) is 0 Å². The third-order valence-electron chi connectivity index (χ3n) is 6.45. The number of benzene rings is 6. The fourth-order valence-electron chi connectivity index (χ4n) is 4.54. The van der Waals surface area contributed by atoms with Crippen LogP contribution < -0.4 is 31.8 Å². The molecule has 0 atom stereocenters. The van der Waals surface area contributed by atoms with Gasteiger partial charge in [0.1, 0.15) is 0 Å². The fraction of sp³-hybridized carbons (Fsp3) is 0.0526. The fourth-order valence-corrected chi connectivity index (χ4v) is 10.9. The molecule has 0 nitrogen and oxygen atoms in total. The Kier molecular flexibility index (Phi) is 26.1. The van der Waals surface area contributed by atoms with Gasteiger partial charge < -0.3 is 50.5 Å². The van der Waals surface area contributed by atoms with E-state index < -0.39 is 15.8 Å². The average Bonchev–Trinajstić information content (AvgIpc) is 3.10. The smallest absolute Gasteiger partial charge is 0.779 e. The van der Waals surface area contributed by atoms with Crippen LogP contribution in [0.1, 0.15) is 0 Å². The van der Waals surface area contributed by atoms with Crippen LogP contribution in [0.2, 0.25) is 0 Å². The van der Waals surface area contributed by atoms with Crippen LogP contribution in [0.4, 0.5) is 0 Å². The predicted octanol–water partition coefficient (Wildman–Crippen LogP) is 9.35. The van der Waals surface area contributed by atoms with Gasteiger partial charge in [-0.25, -0.2) is 0 Å². The van der Waals surface area contributed by atoms with E-state index in [0.717, 1.165) is 19.6 Å². The zero-order valence-electron chi connectivity index (χ0n) is 26.1. The summed E-state index contributed by atoms with van der Waals surface area (Å²) in [5.41, 5.74) is 0. The molecular formula is C38H30Au2Cl4P2S4. The Morgan fingerprint density at radius 3 is 0.720 bits per heavy atom. The Morgan fingerprint density at radius 2 is 0.520 bits per heavy atom. The van der Waals surface area contributed by atoms with E-state index in [1.54, 1.807) is 0 Å². The minimum atomic E-state index is -0.696. The standard InChI is InChI=1S/2C18H15PS2.2CH2Cl2.2Au/c2*20-17-12-6-4-10-15(17)19(14-8-2-1-3-9-14)16-11-5-7-13-18(16)21;2*2-1-3;;/h2*1-13,20-21H;2*1H2;;/q;;;;+1;+3/p-4. The van der Waals surface area contributed by atoms with Crippen molar-refractivity contribution in [2.75, 3.05) is 10.7 Å². The van der Waals surface area contributed by atoms with Crippen molar-refractivity contribution in [2.45, 2.75) is 19.6 Å². The molecule has 0 radical (unpaired) electrons. The minimum absolute atomic E-state index is 0. The van der Waals surface area contributed by atoms with Crippen molar-refractivity contribution in [1.29, 1.82) is 0 Å². The molecule has 0 bridgehead atoms. The van der Waals surface area contributed by atoms with Crippen LogP contribution in [-0.2, 0) is 95.3 Å². The van der Waals surface area contributed by atoms with Crippen LogP contribution in [-0.4, -0.2) is 10.7 Å². The number of alkyl halides is 4. The summed E-state index contributed by atoms with van der Waals surface area (Å²) >= 11 is 41.3. The van der Waals surface area contributed by atoms with E-state index in [1.165, 1.54) is 31.8 Å². The van der Waals surface area contributed by atoms with Crippen LogP contribution in [0, 0.1) is 0 Å². The first kappa shape index (κ1) is 47.7. The second kappa shape index (κ2) is 27.3. The van der Waals surface area contributed by atoms with E-state index in [0.29, 0.717) is 0 Å². The first-order valence-electron chi connectivity index (χ1n) is 14.4. The van der Waals surface area contributed by atoms with Gasteiger partial charge in [0.25, 0.3) is 0 Å². The Morgan fingerprint density at radius 1 is 0.340 bits per heavy atom. The van der Waals surface area contributed by atoms with Crippen LogP contribution in [0.5, 0.6) is 0 Å². The van der Waals surface area contributed by atoms with Gasteiger partial charge in [0.15, 0.2) is 0 Å². The molecule has 50 heavy (non-hydrogen) atoms. The van der Waals surface area contributed by atoms with Crippen molar-refractivity contribution >= 4 is 145 Å². The van der Waals surface area contributed by atoms with Crippen LogP contribution in [0.25, 0.3) is 0 Å². The molecule has 0 fully saturated rings. The van der Waals surface area contributed by atoms with Crippen LogP contribution in [0.15, 0.2) is 177 Å². The zero-order valence-corrected chi connectivity index (χ0v) is 38.5. The molecule has 0 unspecified atom stereocenters. The first-order valence-corrected chi connectivity index (χ1v) is 20.8. The summed E-state index contributed by atoms with van der Waals surface area (Å²) in [6, 6.07) is 53.7. The van der Waals surface area contributed by atoms with Crippen molar-refractivity contribution in [3.63, 3.8) is 0 Å². The Labute approximate surface area is 373 Å². The number of rotatable bonds is 6. The van der Waals surface area contributed by atoms with Crippen molar-refractivity contribution in [3.05, 3.63) is 158 Å². The Balaban J connectivity index is 0.000000418. The van der Waals surface area contributed by atoms with Crippen LogP contribution >= 0.6 is 62.2 Å². The monoisotopic (exact) mass is 1210 g/mol. The van der Waals surface area contributed by atoms with Crippen LogP contribution in [0.3, 0.4) is 0 Å². The van der Waals surface area contributed by atoms with Gasteiger partial charge in [0.2, 0.25) is 0 Å². The van der Waals surface area contributed by atoms with Gasteiger partial charge in [-0.15, -0.1) is 46.4 Å². The molecule has 0 spiro atoms. The topological polar surface area (TPSA) is 0 Å². The molecule has 6 aromatic rings. The van der Waals surface area contributed by atoms with Crippen molar-refractivity contribution < 1.29 is 44.8 Å². The minimum Gasteiger partial charge on any atom is -0.779 e. The molecule has 0 aliphatic heterocycles. The largest absolute Gasteiger partial charge is 3.00 e. The molecule has 266 valence electrons. The Bertz CT molecular complexity index is 1590. The zero-order chi connectivity index (χ0) is 34.7. The molecule has 0 amide bonds. The number of hydrogen-bond acceptors (Lipinski definition) is 4. The molecule has 0 saturated carbocycles. The van der Waals surface area contributed by atoms with Gasteiger partial charge in [-0.3, -0.25) is 0 Å². The molecule has 6 rings (SSSR count). The van der Waals surface area contributed by atoms with E-state index in [1.807, 2.05) is 60.7 Å². The summed E-state index contributed by atoms with van der Waals surface area (Å²) in [6.45, 7) is 0. The maximum absolute atomic E-state index is 5.55. The molecule has 0 heterocycles. The number of halogens is 4. The number of hydrogen-bond donors (Lipinski definition) is 0. The van der Waals surface area contributed by atoms with E-state index in [2.05, 4.69) is 97.1 Å². The maximum Gasteiger partial charge on any atom is 3.00 e.